The molecule has 0 atom stereocenters. The fourth-order valence-electron chi connectivity index (χ4n) is 4.92. The van der Waals surface area contributed by atoms with Crippen LogP contribution in [0.5, 0.6) is 0 Å². The van der Waals surface area contributed by atoms with Gasteiger partial charge in [0.2, 0.25) is 0 Å². The number of rotatable bonds is 9. The Morgan fingerprint density at radius 2 is 1.64 bits per heavy atom. The SMILES string of the molecule is Cc1nn(Cc2ccc(C(=O)NCCCc3ccccc3)cc2)c(C)c1NC(=O)c1cc(C(F)(F)F)nc2ccc(Br)cc12. The van der Waals surface area contributed by atoms with Crippen LogP contribution < -0.4 is 10.6 Å². The second kappa shape index (κ2) is 13.0. The van der Waals surface area contributed by atoms with E-state index in [-0.39, 0.29) is 22.4 Å². The van der Waals surface area contributed by atoms with Gasteiger partial charge < -0.3 is 10.6 Å². The van der Waals surface area contributed by atoms with Crippen LogP contribution in [0.1, 0.15) is 55.3 Å². The van der Waals surface area contributed by atoms with Crippen LogP contribution in [0, 0.1) is 13.8 Å². The van der Waals surface area contributed by atoms with Gasteiger partial charge in [0.05, 0.1) is 34.7 Å². The van der Waals surface area contributed by atoms with Gasteiger partial charge in [0, 0.05) is 22.0 Å². The number of amides is 2. The average Bonchev–Trinajstić information content (AvgIpc) is 3.26. The van der Waals surface area contributed by atoms with Crippen LogP contribution in [0.4, 0.5) is 18.9 Å². The number of anilines is 1. The molecule has 0 aliphatic heterocycles. The minimum atomic E-state index is -4.72. The summed E-state index contributed by atoms with van der Waals surface area (Å²) in [6.45, 7) is 4.42. The van der Waals surface area contributed by atoms with Gasteiger partial charge >= 0.3 is 6.18 Å². The molecule has 2 aromatic heterocycles. The number of aromatic nitrogens is 3. The van der Waals surface area contributed by atoms with Crippen LogP contribution in [-0.4, -0.2) is 33.1 Å². The number of nitrogens with zero attached hydrogens (tertiary/aromatic N) is 3. The number of aryl methyl sites for hydroxylation is 2. The van der Waals surface area contributed by atoms with Crippen LogP contribution in [-0.2, 0) is 19.1 Å². The summed E-state index contributed by atoms with van der Waals surface area (Å²) in [5, 5.41) is 10.5. The zero-order valence-electron chi connectivity index (χ0n) is 24.0. The van der Waals surface area contributed by atoms with Gasteiger partial charge in [-0.2, -0.15) is 18.3 Å². The highest BCUT2D eigenvalue weighted by Gasteiger charge is 2.34. The van der Waals surface area contributed by atoms with Gasteiger partial charge in [-0.25, -0.2) is 4.98 Å². The van der Waals surface area contributed by atoms with E-state index in [1.165, 1.54) is 11.6 Å². The van der Waals surface area contributed by atoms with Crippen molar-refractivity contribution in [3.05, 3.63) is 123 Å². The highest BCUT2D eigenvalue weighted by molar-refractivity contribution is 9.10. The molecule has 0 saturated heterocycles. The Hall–Kier alpha value is -4.51. The Morgan fingerprint density at radius 3 is 2.34 bits per heavy atom. The lowest BCUT2D eigenvalue weighted by atomic mass is 10.1. The molecule has 2 N–H and O–H groups in total. The third kappa shape index (κ3) is 7.16. The normalized spacial score (nSPS) is 11.5. The third-order valence-electron chi connectivity index (χ3n) is 7.24. The number of alkyl halides is 3. The molecule has 2 heterocycles. The number of hydrogen-bond donors (Lipinski definition) is 2. The summed E-state index contributed by atoms with van der Waals surface area (Å²) >= 11 is 3.32. The van der Waals surface area contributed by atoms with E-state index in [0.717, 1.165) is 24.5 Å². The molecule has 0 spiro atoms. The van der Waals surface area contributed by atoms with E-state index in [4.69, 9.17) is 0 Å². The fourth-order valence-corrected chi connectivity index (χ4v) is 5.28. The molecule has 0 fully saturated rings. The number of halogens is 4. The van der Waals surface area contributed by atoms with Gasteiger partial charge in [0.1, 0.15) is 5.69 Å². The monoisotopic (exact) mass is 663 g/mol. The molecule has 11 heteroatoms. The number of benzene rings is 3. The van der Waals surface area contributed by atoms with E-state index < -0.39 is 17.8 Å². The van der Waals surface area contributed by atoms with E-state index >= 15 is 0 Å². The van der Waals surface area contributed by atoms with Crippen molar-refractivity contribution in [1.29, 1.82) is 0 Å². The third-order valence-corrected chi connectivity index (χ3v) is 7.74. The lowest BCUT2D eigenvalue weighted by molar-refractivity contribution is -0.141. The predicted molar refractivity (Wildman–Crippen MR) is 167 cm³/mol. The molecule has 0 aliphatic rings. The zero-order valence-corrected chi connectivity index (χ0v) is 25.6. The van der Waals surface area contributed by atoms with Crippen molar-refractivity contribution in [2.45, 2.75) is 39.4 Å². The van der Waals surface area contributed by atoms with E-state index in [2.05, 4.69) is 48.8 Å². The second-order valence-electron chi connectivity index (χ2n) is 10.4. The Morgan fingerprint density at radius 1 is 0.909 bits per heavy atom. The number of carbonyl (C=O) groups excluding carboxylic acids is 2. The topological polar surface area (TPSA) is 88.9 Å². The Balaban J connectivity index is 1.26. The molecular formula is C33H29BrF3N5O2. The van der Waals surface area contributed by atoms with Crippen LogP contribution in [0.15, 0.2) is 83.3 Å². The van der Waals surface area contributed by atoms with Gasteiger partial charge in [-0.3, -0.25) is 14.3 Å². The van der Waals surface area contributed by atoms with Crippen molar-refractivity contribution in [3.63, 3.8) is 0 Å². The molecule has 0 bridgehead atoms. The number of nitrogens with one attached hydrogen (secondary N) is 2. The van der Waals surface area contributed by atoms with Crippen molar-refractivity contribution in [2.75, 3.05) is 11.9 Å². The molecule has 0 saturated carbocycles. The molecule has 0 unspecified atom stereocenters. The van der Waals surface area contributed by atoms with Crippen LogP contribution in [0.25, 0.3) is 10.9 Å². The summed E-state index contributed by atoms with van der Waals surface area (Å²) in [6.07, 6.45) is -2.99. The molecule has 226 valence electrons. The maximum absolute atomic E-state index is 13.6. The predicted octanol–water partition coefficient (Wildman–Crippen LogP) is 7.49. The number of carbonyl (C=O) groups is 2. The van der Waals surface area contributed by atoms with Gasteiger partial charge in [-0.05, 0) is 74.2 Å². The first kappa shape index (κ1) is 30.9. The molecule has 0 aliphatic carbocycles. The Labute approximate surface area is 260 Å². The smallest absolute Gasteiger partial charge is 0.352 e. The van der Waals surface area contributed by atoms with Crippen molar-refractivity contribution in [3.8, 4) is 0 Å². The second-order valence-corrected chi connectivity index (χ2v) is 11.3. The standard InChI is InChI=1S/C33H29BrF3N5O2/c1-20-30(40-32(44)27-18-29(33(35,36)37)39-28-15-14-25(34)17-26(27)28)21(2)42(41-20)19-23-10-12-24(13-11-23)31(43)38-16-6-9-22-7-4-3-5-8-22/h3-5,7-8,10-15,17-18H,6,9,16,19H2,1-2H3,(H,38,43)(H,40,44). The van der Waals surface area contributed by atoms with Crippen molar-refractivity contribution in [1.82, 2.24) is 20.1 Å². The minimum absolute atomic E-state index is 0.0571. The van der Waals surface area contributed by atoms with E-state index in [0.29, 0.717) is 40.2 Å². The molecule has 3 aromatic carbocycles. The van der Waals surface area contributed by atoms with E-state index in [9.17, 15) is 22.8 Å². The molecular weight excluding hydrogens is 635 g/mol. The summed E-state index contributed by atoms with van der Waals surface area (Å²) in [7, 11) is 0. The van der Waals surface area contributed by atoms with Gasteiger partial charge in [0.25, 0.3) is 11.8 Å². The Bertz CT molecular complexity index is 1820. The van der Waals surface area contributed by atoms with Gasteiger partial charge in [-0.1, -0.05) is 58.4 Å². The summed E-state index contributed by atoms with van der Waals surface area (Å²) in [5.74, 6) is -0.851. The van der Waals surface area contributed by atoms with Crippen LogP contribution in [0.3, 0.4) is 0 Å². The van der Waals surface area contributed by atoms with Crippen LogP contribution in [0.2, 0.25) is 0 Å². The van der Waals surface area contributed by atoms with Gasteiger partial charge in [-0.15, -0.1) is 0 Å². The summed E-state index contributed by atoms with van der Waals surface area (Å²) < 4.78 is 43.0. The van der Waals surface area contributed by atoms with Crippen molar-refractivity contribution >= 4 is 44.3 Å². The van der Waals surface area contributed by atoms with E-state index in [1.807, 2.05) is 30.3 Å². The molecule has 7 nitrogen and oxygen atoms in total. The molecule has 44 heavy (non-hydrogen) atoms. The quantitative estimate of drug-likeness (QED) is 0.160. The minimum Gasteiger partial charge on any atom is -0.352 e. The fraction of sp³-hybridized carbons (Fsp3) is 0.212. The summed E-state index contributed by atoms with van der Waals surface area (Å²) in [6, 6.07) is 22.6. The highest BCUT2D eigenvalue weighted by atomic mass is 79.9. The van der Waals surface area contributed by atoms with Gasteiger partial charge in [0.15, 0.2) is 0 Å². The lowest BCUT2D eigenvalue weighted by Crippen LogP contribution is -2.24. The highest BCUT2D eigenvalue weighted by Crippen LogP contribution is 2.32. The number of fused-ring (bicyclic) bond motifs is 1. The average molecular weight is 665 g/mol. The zero-order chi connectivity index (χ0) is 31.4. The van der Waals surface area contributed by atoms with Crippen molar-refractivity contribution in [2.24, 2.45) is 0 Å². The maximum Gasteiger partial charge on any atom is 0.433 e. The lowest BCUT2D eigenvalue weighted by Gasteiger charge is -2.13. The molecule has 2 amide bonds. The van der Waals surface area contributed by atoms with Crippen molar-refractivity contribution < 1.29 is 22.8 Å². The van der Waals surface area contributed by atoms with Crippen LogP contribution >= 0.6 is 15.9 Å². The first-order chi connectivity index (χ1) is 21.0. The molecule has 0 radical (unpaired) electrons. The maximum atomic E-state index is 13.6. The number of pyridine rings is 1. The largest absolute Gasteiger partial charge is 0.433 e. The number of hydrogen-bond acceptors (Lipinski definition) is 4. The van der Waals surface area contributed by atoms with E-state index in [1.54, 1.807) is 42.8 Å². The molecule has 5 aromatic rings. The molecule has 5 rings (SSSR count). The Kier molecular flexibility index (Phi) is 9.14. The first-order valence-corrected chi connectivity index (χ1v) is 14.7. The first-order valence-electron chi connectivity index (χ1n) is 13.9. The summed E-state index contributed by atoms with van der Waals surface area (Å²) in [4.78, 5) is 29.7. The summed E-state index contributed by atoms with van der Waals surface area (Å²) in [5.41, 5.74) is 2.97.